The third-order valence-electron chi connectivity index (χ3n) is 1.89. The Morgan fingerprint density at radius 3 is 3.00 bits per heavy atom. The number of rotatable bonds is 1. The number of benzene rings is 1. The smallest absolute Gasteiger partial charge is 0.0703 e. The second-order valence-corrected chi connectivity index (χ2v) is 2.66. The van der Waals surface area contributed by atoms with Crippen LogP contribution in [0.5, 0.6) is 0 Å². The molecule has 0 bridgehead atoms. The Morgan fingerprint density at radius 2 is 2.17 bits per heavy atom. The molecule has 2 heteroatoms. The third kappa shape index (κ3) is 1.11. The van der Waals surface area contributed by atoms with Crippen LogP contribution in [0, 0.1) is 0 Å². The van der Waals surface area contributed by atoms with Crippen molar-refractivity contribution in [3.63, 3.8) is 0 Å². The highest BCUT2D eigenvalue weighted by atomic mass is 14.8. The molecule has 2 nitrogen and oxygen atoms in total. The molecule has 0 amide bonds. The molecule has 0 fully saturated rings. The normalized spacial score (nSPS) is 10.1. The van der Waals surface area contributed by atoms with Crippen molar-refractivity contribution < 1.29 is 0 Å². The zero-order chi connectivity index (χ0) is 8.39. The lowest BCUT2D eigenvalue weighted by molar-refractivity contribution is 1.41. The first kappa shape index (κ1) is 7.10. The predicted molar refractivity (Wildman–Crippen MR) is 51.3 cm³/mol. The Labute approximate surface area is 71.2 Å². The number of fused-ring (bicyclic) bond motifs is 1. The molecule has 0 spiro atoms. The maximum Gasteiger partial charge on any atom is 0.0703 e. The first-order chi connectivity index (χ1) is 5.90. The monoisotopic (exact) mass is 158 g/mol. The minimum atomic E-state index is 1.04. The molecule has 0 saturated carbocycles. The summed E-state index contributed by atoms with van der Waals surface area (Å²) in [4.78, 5) is 4.23. The van der Waals surface area contributed by atoms with E-state index in [1.54, 1.807) is 6.20 Å². The highest BCUT2D eigenvalue weighted by Gasteiger charge is 1.93. The van der Waals surface area contributed by atoms with E-state index in [1.807, 2.05) is 25.2 Å². The minimum Gasteiger partial charge on any atom is -0.388 e. The summed E-state index contributed by atoms with van der Waals surface area (Å²) < 4.78 is 0. The van der Waals surface area contributed by atoms with Crippen LogP contribution in [0.1, 0.15) is 0 Å². The molecule has 12 heavy (non-hydrogen) atoms. The minimum absolute atomic E-state index is 1.04. The summed E-state index contributed by atoms with van der Waals surface area (Å²) in [6.07, 6.45) is 1.81. The van der Waals surface area contributed by atoms with Crippen LogP contribution in [0.4, 0.5) is 5.69 Å². The van der Waals surface area contributed by atoms with Crippen molar-refractivity contribution in [1.29, 1.82) is 0 Å². The third-order valence-corrected chi connectivity index (χ3v) is 1.89. The number of pyridine rings is 1. The van der Waals surface area contributed by atoms with Gasteiger partial charge in [0.2, 0.25) is 0 Å². The van der Waals surface area contributed by atoms with E-state index >= 15 is 0 Å². The van der Waals surface area contributed by atoms with Crippen LogP contribution in [-0.2, 0) is 0 Å². The Hall–Kier alpha value is -1.57. The van der Waals surface area contributed by atoms with E-state index in [9.17, 15) is 0 Å². The topological polar surface area (TPSA) is 24.9 Å². The van der Waals surface area contributed by atoms with Crippen molar-refractivity contribution in [2.75, 3.05) is 12.4 Å². The molecule has 1 N–H and O–H groups in total. The molecule has 0 saturated heterocycles. The highest BCUT2D eigenvalue weighted by molar-refractivity contribution is 5.81. The number of nitrogens with one attached hydrogen (secondary N) is 1. The first-order valence-corrected chi connectivity index (χ1v) is 3.93. The summed E-state index contributed by atoms with van der Waals surface area (Å²) in [5.41, 5.74) is 2.16. The summed E-state index contributed by atoms with van der Waals surface area (Å²) in [5.74, 6) is 0. The summed E-state index contributed by atoms with van der Waals surface area (Å²) in [6.45, 7) is 0. The molecule has 0 unspecified atom stereocenters. The summed E-state index contributed by atoms with van der Waals surface area (Å²) in [7, 11) is 1.91. The van der Waals surface area contributed by atoms with Crippen molar-refractivity contribution in [1.82, 2.24) is 4.98 Å². The summed E-state index contributed by atoms with van der Waals surface area (Å²) in [6, 6.07) is 10.1. The van der Waals surface area contributed by atoms with E-state index in [0.717, 1.165) is 11.2 Å². The van der Waals surface area contributed by atoms with Gasteiger partial charge in [-0.2, -0.15) is 0 Å². The average molecular weight is 158 g/mol. The van der Waals surface area contributed by atoms with Gasteiger partial charge in [0, 0.05) is 24.3 Å². The predicted octanol–water partition coefficient (Wildman–Crippen LogP) is 2.28. The molecule has 2 rings (SSSR count). The SMILES string of the molecule is CNc1ccc2ncccc2c1. The summed E-state index contributed by atoms with van der Waals surface area (Å²) >= 11 is 0. The van der Waals surface area contributed by atoms with Crippen LogP contribution >= 0.6 is 0 Å². The van der Waals surface area contributed by atoms with Gasteiger partial charge in [0.05, 0.1) is 5.52 Å². The second-order valence-electron chi connectivity index (χ2n) is 2.66. The van der Waals surface area contributed by atoms with Gasteiger partial charge in [-0.3, -0.25) is 4.98 Å². The van der Waals surface area contributed by atoms with Crippen molar-refractivity contribution >= 4 is 16.6 Å². The zero-order valence-electron chi connectivity index (χ0n) is 6.91. The first-order valence-electron chi connectivity index (χ1n) is 3.93. The van der Waals surface area contributed by atoms with Crippen LogP contribution in [0.15, 0.2) is 36.5 Å². The van der Waals surface area contributed by atoms with Crippen molar-refractivity contribution in [3.05, 3.63) is 36.5 Å². The zero-order valence-corrected chi connectivity index (χ0v) is 6.91. The second kappa shape index (κ2) is 2.81. The fourth-order valence-corrected chi connectivity index (χ4v) is 1.23. The van der Waals surface area contributed by atoms with Crippen LogP contribution in [0.2, 0.25) is 0 Å². The van der Waals surface area contributed by atoms with Crippen molar-refractivity contribution in [2.24, 2.45) is 0 Å². The average Bonchev–Trinajstić information content (AvgIpc) is 2.17. The van der Waals surface area contributed by atoms with Crippen LogP contribution in [-0.4, -0.2) is 12.0 Å². The maximum atomic E-state index is 4.23. The van der Waals surface area contributed by atoms with Gasteiger partial charge in [-0.25, -0.2) is 0 Å². The fourth-order valence-electron chi connectivity index (χ4n) is 1.23. The fraction of sp³-hybridized carbons (Fsp3) is 0.100. The Balaban J connectivity index is 2.67. The molecule has 0 aliphatic rings. The lowest BCUT2D eigenvalue weighted by atomic mass is 10.2. The molecule has 0 radical (unpaired) electrons. The molecule has 1 aromatic heterocycles. The molecular formula is C10H10N2. The van der Waals surface area contributed by atoms with Gasteiger partial charge in [0.25, 0.3) is 0 Å². The van der Waals surface area contributed by atoms with E-state index in [2.05, 4.69) is 22.4 Å². The van der Waals surface area contributed by atoms with Gasteiger partial charge in [-0.05, 0) is 24.3 Å². The van der Waals surface area contributed by atoms with Gasteiger partial charge < -0.3 is 5.32 Å². The molecule has 0 aliphatic heterocycles. The lowest BCUT2D eigenvalue weighted by Crippen LogP contribution is -1.87. The molecule has 2 aromatic rings. The largest absolute Gasteiger partial charge is 0.388 e. The van der Waals surface area contributed by atoms with Gasteiger partial charge in [0.15, 0.2) is 0 Å². The molecule has 0 aliphatic carbocycles. The number of hydrogen-bond donors (Lipinski definition) is 1. The Bertz CT molecular complexity index is 396. The quantitative estimate of drug-likeness (QED) is 0.688. The molecule has 1 aromatic carbocycles. The van der Waals surface area contributed by atoms with E-state index in [-0.39, 0.29) is 0 Å². The summed E-state index contributed by atoms with van der Waals surface area (Å²) in [5, 5.41) is 4.26. The molecular weight excluding hydrogens is 148 g/mol. The van der Waals surface area contributed by atoms with Gasteiger partial charge in [0.1, 0.15) is 0 Å². The van der Waals surface area contributed by atoms with Crippen LogP contribution < -0.4 is 5.32 Å². The van der Waals surface area contributed by atoms with Crippen molar-refractivity contribution in [3.8, 4) is 0 Å². The highest BCUT2D eigenvalue weighted by Crippen LogP contribution is 2.15. The molecule has 1 heterocycles. The Morgan fingerprint density at radius 1 is 1.25 bits per heavy atom. The van der Waals surface area contributed by atoms with Gasteiger partial charge in [-0.15, -0.1) is 0 Å². The molecule has 60 valence electrons. The van der Waals surface area contributed by atoms with E-state index in [0.29, 0.717) is 0 Å². The van der Waals surface area contributed by atoms with Crippen molar-refractivity contribution in [2.45, 2.75) is 0 Å². The van der Waals surface area contributed by atoms with Gasteiger partial charge >= 0.3 is 0 Å². The Kier molecular flexibility index (Phi) is 1.67. The van der Waals surface area contributed by atoms with Crippen LogP contribution in [0.3, 0.4) is 0 Å². The van der Waals surface area contributed by atoms with Crippen LogP contribution in [0.25, 0.3) is 10.9 Å². The van der Waals surface area contributed by atoms with Gasteiger partial charge in [-0.1, -0.05) is 6.07 Å². The van der Waals surface area contributed by atoms with E-state index < -0.39 is 0 Å². The number of aromatic nitrogens is 1. The van der Waals surface area contributed by atoms with E-state index in [4.69, 9.17) is 0 Å². The number of hydrogen-bond acceptors (Lipinski definition) is 2. The van der Waals surface area contributed by atoms with E-state index in [1.165, 1.54) is 5.39 Å². The standard InChI is InChI=1S/C10H10N2/c1-11-9-4-5-10-8(7-9)3-2-6-12-10/h2-7,11H,1H3. The maximum absolute atomic E-state index is 4.23. The lowest BCUT2D eigenvalue weighted by Gasteiger charge is -2.00. The number of anilines is 1. The number of nitrogens with zero attached hydrogens (tertiary/aromatic N) is 1. The molecule has 0 atom stereocenters.